The first kappa shape index (κ1) is 48.6. The van der Waals surface area contributed by atoms with Gasteiger partial charge in [-0.25, -0.2) is 0 Å². The molecule has 0 saturated carbocycles. The second kappa shape index (κ2) is 24.5. The molecule has 1 N–H and O–H groups in total. The molecular formula is C60H66N2O5S. The van der Waals surface area contributed by atoms with Gasteiger partial charge in [-0.3, -0.25) is 4.79 Å². The number of aliphatic hydroxyl groups excluding tert-OH is 1. The van der Waals surface area contributed by atoms with Crippen LogP contribution >= 0.6 is 11.8 Å². The van der Waals surface area contributed by atoms with Crippen LogP contribution in [0.25, 0.3) is 23.3 Å². The number of thioether (sulfide) groups is 1. The second-order valence-corrected chi connectivity index (χ2v) is 19.1. The predicted molar refractivity (Wildman–Crippen MR) is 283 cm³/mol. The van der Waals surface area contributed by atoms with E-state index in [2.05, 4.69) is 138 Å². The lowest BCUT2D eigenvalue weighted by molar-refractivity contribution is -0.109. The Morgan fingerprint density at radius 3 is 2.75 bits per heavy atom. The first-order chi connectivity index (χ1) is 33.4. The summed E-state index contributed by atoms with van der Waals surface area (Å²) in [5.74, 6) is 3.92. The summed E-state index contributed by atoms with van der Waals surface area (Å²) in [6.45, 7) is 8.14. The highest BCUT2D eigenvalue weighted by atomic mass is 32.2. The van der Waals surface area contributed by atoms with Crippen molar-refractivity contribution in [3.05, 3.63) is 179 Å². The van der Waals surface area contributed by atoms with E-state index >= 15 is 0 Å². The molecule has 3 aliphatic heterocycles. The number of ether oxygens (including phenoxy) is 3. The number of fused-ring (bicyclic) bond motifs is 3. The fourth-order valence-electron chi connectivity index (χ4n) is 9.83. The number of carbonyl (C=O) groups excluding carboxylic acids is 1. The van der Waals surface area contributed by atoms with Crippen LogP contribution in [0.5, 0.6) is 5.75 Å². The number of allylic oxidation sites excluding steroid dienone is 14. The molecular weight excluding hydrogens is 861 g/mol. The van der Waals surface area contributed by atoms with E-state index in [0.717, 1.165) is 112 Å². The lowest BCUT2D eigenvalue weighted by atomic mass is 9.87. The number of terminal acetylenes is 1. The van der Waals surface area contributed by atoms with Gasteiger partial charge in [-0.2, -0.15) is 0 Å². The zero-order valence-corrected chi connectivity index (χ0v) is 40.3. The van der Waals surface area contributed by atoms with E-state index in [0.29, 0.717) is 17.2 Å². The lowest BCUT2D eigenvalue weighted by Gasteiger charge is -2.33. The summed E-state index contributed by atoms with van der Waals surface area (Å²) in [7, 11) is 0. The summed E-state index contributed by atoms with van der Waals surface area (Å²) in [5, 5.41) is 16.2. The molecule has 3 aliphatic carbocycles. The van der Waals surface area contributed by atoms with Gasteiger partial charge in [0.15, 0.2) is 6.29 Å². The molecule has 68 heavy (non-hydrogen) atoms. The molecule has 4 heterocycles. The average Bonchev–Trinajstić information content (AvgIpc) is 3.67. The predicted octanol–water partition coefficient (Wildman–Crippen LogP) is 11.5. The Kier molecular flexibility index (Phi) is 17.5. The molecule has 0 bridgehead atoms. The van der Waals surface area contributed by atoms with Crippen LogP contribution < -0.4 is 20.2 Å². The Labute approximate surface area is 408 Å². The summed E-state index contributed by atoms with van der Waals surface area (Å²) in [5.41, 5.74) is 8.14. The van der Waals surface area contributed by atoms with Crippen molar-refractivity contribution in [2.45, 2.75) is 101 Å². The van der Waals surface area contributed by atoms with Crippen LogP contribution in [0.1, 0.15) is 94.1 Å². The van der Waals surface area contributed by atoms with E-state index in [1.165, 1.54) is 28.5 Å². The van der Waals surface area contributed by atoms with E-state index in [4.69, 9.17) is 20.6 Å². The maximum absolute atomic E-state index is 11.7. The van der Waals surface area contributed by atoms with Crippen molar-refractivity contribution in [1.29, 1.82) is 0 Å². The Morgan fingerprint density at radius 2 is 1.99 bits per heavy atom. The number of hydrogen-bond donors (Lipinski definition) is 1. The van der Waals surface area contributed by atoms with Gasteiger partial charge in [0.05, 0.1) is 29.9 Å². The monoisotopic (exact) mass is 926 g/mol. The van der Waals surface area contributed by atoms with Crippen LogP contribution in [0.2, 0.25) is 0 Å². The van der Waals surface area contributed by atoms with Crippen LogP contribution in [0, 0.1) is 24.2 Å². The molecule has 1 fully saturated rings. The molecule has 2 aromatic rings. The van der Waals surface area contributed by atoms with Gasteiger partial charge < -0.3 is 28.8 Å². The summed E-state index contributed by atoms with van der Waals surface area (Å²) in [6.07, 6.45) is 59.5. The molecule has 6 atom stereocenters. The molecule has 1 aromatic carbocycles. The number of carbonyl (C=O) groups is 1. The molecule has 4 unspecified atom stereocenters. The Hall–Kier alpha value is -5.82. The normalized spacial score (nSPS) is 25.5. The molecule has 8 rings (SSSR count). The van der Waals surface area contributed by atoms with Crippen molar-refractivity contribution >= 4 is 47.0 Å². The van der Waals surface area contributed by atoms with Gasteiger partial charge in [0.1, 0.15) is 18.5 Å². The Bertz CT molecular complexity index is 2670. The second-order valence-electron chi connectivity index (χ2n) is 18.0. The number of hydrogen-bond acceptors (Lipinski definition) is 7. The van der Waals surface area contributed by atoms with Crippen LogP contribution in [0.15, 0.2) is 151 Å². The molecule has 1 aromatic heterocycles. The third-order valence-corrected chi connectivity index (χ3v) is 14.3. The van der Waals surface area contributed by atoms with Crippen LogP contribution in [-0.2, 0) is 20.7 Å². The highest BCUT2D eigenvalue weighted by Gasteiger charge is 2.28. The van der Waals surface area contributed by atoms with Crippen molar-refractivity contribution < 1.29 is 24.1 Å². The van der Waals surface area contributed by atoms with Gasteiger partial charge in [-0.15, -0.1) is 18.2 Å². The molecule has 0 radical (unpaired) electrons. The van der Waals surface area contributed by atoms with Gasteiger partial charge in [0.25, 0.3) is 0 Å². The van der Waals surface area contributed by atoms with Gasteiger partial charge in [0, 0.05) is 69.9 Å². The maximum Gasteiger partial charge on any atom is 0.157 e. The molecule has 6 aliphatic rings. The zero-order valence-electron chi connectivity index (χ0n) is 39.5. The SMILES string of the molecule is C#C/C=C(\C=C/C1/C=C/C=c2\c(c3c(n2C(=C)C/C=C\CC)C=CC([C@H]2C=CCCO2)C3)=C/S1)N(C1=CC=C(C2CCCCO2)CC1)c1ccc([C@H](O)/C=C\CC2C=CC=CC2)c(OCC=O)c1. The number of aldehydes is 1. The van der Waals surface area contributed by atoms with E-state index in [1.54, 1.807) is 11.8 Å². The highest BCUT2D eigenvalue weighted by Crippen LogP contribution is 2.38. The standard InChI is InChI=1S/C60H66N2O5S/c1-4-6-8-18-44(3)61-55-23-16-22-51(68-43-54(55)53-41-47(29-36-56(53)61)59-26-12-14-39-66-59)34-32-48(17-5-2)62(49-30-27-46(28-31-49)58-25-11-13-38-65-58)50-33-35-52(60(42-50)67-40-37-63)57(64)24-15-21-45-19-9-7-10-20-45/h2,6-10,12,15-17,19,22-24,26-27,29-30,32-37,42-43,45,47,51,57-59,64H,3-4,11,13-14,18,20-21,25,28,31,38-41H2,1H3/b8-6-,22-16+,24-15-,34-32-,48-17+,54-43-,55-23+/t45?,47?,51?,57-,58?,59-/m1/s1. The van der Waals surface area contributed by atoms with Gasteiger partial charge >= 0.3 is 0 Å². The van der Waals surface area contributed by atoms with E-state index in [1.807, 2.05) is 36.4 Å². The number of rotatable bonds is 18. The third-order valence-electron chi connectivity index (χ3n) is 13.3. The van der Waals surface area contributed by atoms with Gasteiger partial charge in [-0.1, -0.05) is 117 Å². The van der Waals surface area contributed by atoms with Gasteiger partial charge in [0.2, 0.25) is 0 Å². The molecule has 0 spiro atoms. The largest absolute Gasteiger partial charge is 0.486 e. The Morgan fingerprint density at radius 1 is 1.06 bits per heavy atom. The Balaban J connectivity index is 1.13. The highest BCUT2D eigenvalue weighted by molar-refractivity contribution is 8.07. The zero-order chi connectivity index (χ0) is 47.1. The van der Waals surface area contributed by atoms with Crippen molar-refractivity contribution in [3.8, 4) is 18.1 Å². The van der Waals surface area contributed by atoms with Crippen molar-refractivity contribution in [2.75, 3.05) is 24.7 Å². The number of aliphatic hydroxyl groups is 1. The van der Waals surface area contributed by atoms with Gasteiger partial charge in [-0.05, 0) is 117 Å². The van der Waals surface area contributed by atoms with Crippen LogP contribution in [0.3, 0.4) is 0 Å². The molecule has 8 heteroatoms. The number of aromatic nitrogens is 1. The average molecular weight is 927 g/mol. The minimum absolute atomic E-state index is 0.0112. The summed E-state index contributed by atoms with van der Waals surface area (Å²) < 4.78 is 20.9. The molecule has 7 nitrogen and oxygen atoms in total. The van der Waals surface area contributed by atoms with E-state index < -0.39 is 6.10 Å². The smallest absolute Gasteiger partial charge is 0.157 e. The number of benzene rings is 1. The minimum atomic E-state index is -0.924. The summed E-state index contributed by atoms with van der Waals surface area (Å²) in [4.78, 5) is 13.9. The van der Waals surface area contributed by atoms with Crippen molar-refractivity contribution in [2.24, 2.45) is 11.8 Å². The fraction of sp³-hybridized carbons (Fsp3) is 0.350. The van der Waals surface area contributed by atoms with Crippen LogP contribution in [-0.4, -0.2) is 53.2 Å². The lowest BCUT2D eigenvalue weighted by Crippen LogP contribution is -2.32. The molecule has 0 amide bonds. The number of nitrogens with zero attached hydrogens (tertiary/aromatic N) is 2. The first-order valence-corrected chi connectivity index (χ1v) is 25.5. The van der Waals surface area contributed by atoms with E-state index in [-0.39, 0.29) is 30.0 Å². The minimum Gasteiger partial charge on any atom is -0.486 e. The summed E-state index contributed by atoms with van der Waals surface area (Å²) in [6, 6.07) is 5.81. The van der Waals surface area contributed by atoms with E-state index in [9.17, 15) is 9.90 Å². The first-order valence-electron chi connectivity index (χ1n) is 24.6. The van der Waals surface area contributed by atoms with Crippen molar-refractivity contribution in [3.63, 3.8) is 0 Å². The van der Waals surface area contributed by atoms with Crippen molar-refractivity contribution in [1.82, 2.24) is 4.57 Å². The quantitative estimate of drug-likeness (QED) is 0.0691. The fourth-order valence-corrected chi connectivity index (χ4v) is 10.7. The molecule has 352 valence electrons. The maximum atomic E-state index is 11.7. The summed E-state index contributed by atoms with van der Waals surface area (Å²) >= 11 is 1.77. The number of anilines is 1. The molecule has 1 saturated heterocycles. The van der Waals surface area contributed by atoms with Crippen LogP contribution in [0.4, 0.5) is 5.69 Å². The topological polar surface area (TPSA) is 73.2 Å². The third kappa shape index (κ3) is 12.1.